The van der Waals surface area contributed by atoms with Gasteiger partial charge in [0.25, 0.3) is 0 Å². The summed E-state index contributed by atoms with van der Waals surface area (Å²) in [6.07, 6.45) is 1.66. The maximum Gasteiger partial charge on any atom is 0.323 e. The summed E-state index contributed by atoms with van der Waals surface area (Å²) in [5.41, 5.74) is 0.857. The Morgan fingerprint density at radius 1 is 1.52 bits per heavy atom. The van der Waals surface area contributed by atoms with E-state index in [4.69, 9.17) is 0 Å². The molecule has 2 rings (SSSR count). The summed E-state index contributed by atoms with van der Waals surface area (Å²) in [5.74, 6) is -0.266. The number of aliphatic hydroxyl groups excluding tert-OH is 1. The maximum atomic E-state index is 13.2. The molecule has 1 heterocycles. The Hall–Kier alpha value is -1.99. The van der Waals surface area contributed by atoms with Gasteiger partial charge in [-0.3, -0.25) is 5.32 Å². The number of thiazole rings is 1. The summed E-state index contributed by atoms with van der Waals surface area (Å²) in [7, 11) is 0. The Morgan fingerprint density at radius 2 is 2.30 bits per heavy atom. The summed E-state index contributed by atoms with van der Waals surface area (Å²) in [6, 6.07) is 6.12. The number of anilines is 1. The molecule has 0 aliphatic carbocycles. The molecule has 0 saturated heterocycles. The van der Waals surface area contributed by atoms with Crippen LogP contribution in [0.15, 0.2) is 30.5 Å². The van der Waals surface area contributed by atoms with E-state index in [1.807, 2.05) is 13.0 Å². The van der Waals surface area contributed by atoms with Crippen LogP contribution in [0.25, 0.3) is 0 Å². The lowest BCUT2D eigenvalue weighted by atomic mass is 10.1. The van der Waals surface area contributed by atoms with E-state index in [-0.39, 0.29) is 18.4 Å². The number of amides is 2. The number of carbonyl (C=O) groups is 1. The van der Waals surface area contributed by atoms with Crippen LogP contribution in [0.4, 0.5) is 14.3 Å². The molecule has 0 spiro atoms. The van der Waals surface area contributed by atoms with Crippen molar-refractivity contribution in [2.75, 3.05) is 18.4 Å². The molecular weight excluding hydrogens is 317 g/mol. The van der Waals surface area contributed by atoms with Crippen LogP contribution in [0.1, 0.15) is 24.3 Å². The number of rotatable bonds is 6. The minimum absolute atomic E-state index is 0.266. The van der Waals surface area contributed by atoms with Crippen LogP contribution in [-0.2, 0) is 6.42 Å². The summed E-state index contributed by atoms with van der Waals surface area (Å²) >= 11 is 1.35. The minimum Gasteiger partial charge on any atom is -0.392 e. The van der Waals surface area contributed by atoms with Crippen LogP contribution >= 0.6 is 11.3 Å². The van der Waals surface area contributed by atoms with Gasteiger partial charge in [0.05, 0.1) is 6.10 Å². The van der Waals surface area contributed by atoms with Crippen molar-refractivity contribution in [1.82, 2.24) is 9.88 Å². The number of carbonyl (C=O) groups excluding carboxylic acids is 1. The molecule has 0 radical (unpaired) electrons. The highest BCUT2D eigenvalue weighted by Gasteiger charge is 2.15. The van der Waals surface area contributed by atoms with E-state index >= 15 is 0 Å². The monoisotopic (exact) mass is 337 g/mol. The SMILES string of the molecule is CCN(CC(C)O)C(=O)Nc1ncc(Cc2cccc(F)c2)s1. The molecule has 0 saturated carbocycles. The third-order valence-electron chi connectivity index (χ3n) is 3.19. The first-order chi connectivity index (χ1) is 11.0. The smallest absolute Gasteiger partial charge is 0.323 e. The molecule has 7 heteroatoms. The second kappa shape index (κ2) is 8.03. The Labute approximate surface area is 138 Å². The average Bonchev–Trinajstić information content (AvgIpc) is 2.91. The lowest BCUT2D eigenvalue weighted by Crippen LogP contribution is -2.39. The van der Waals surface area contributed by atoms with E-state index in [2.05, 4.69) is 10.3 Å². The van der Waals surface area contributed by atoms with Crippen LogP contribution in [-0.4, -0.2) is 40.2 Å². The van der Waals surface area contributed by atoms with Crippen LogP contribution in [0.3, 0.4) is 0 Å². The third kappa shape index (κ3) is 5.30. The van der Waals surface area contributed by atoms with Gasteiger partial charge in [0.15, 0.2) is 5.13 Å². The molecule has 0 aliphatic heterocycles. The van der Waals surface area contributed by atoms with Crippen molar-refractivity contribution in [3.8, 4) is 0 Å². The lowest BCUT2D eigenvalue weighted by Gasteiger charge is -2.21. The first-order valence-electron chi connectivity index (χ1n) is 7.41. The van der Waals surface area contributed by atoms with Crippen LogP contribution in [0, 0.1) is 5.82 Å². The molecule has 5 nitrogen and oxygen atoms in total. The van der Waals surface area contributed by atoms with Crippen molar-refractivity contribution in [3.63, 3.8) is 0 Å². The molecule has 0 fully saturated rings. The predicted molar refractivity (Wildman–Crippen MR) is 89.3 cm³/mol. The van der Waals surface area contributed by atoms with Crippen molar-refractivity contribution in [1.29, 1.82) is 0 Å². The van der Waals surface area contributed by atoms with Crippen molar-refractivity contribution in [2.24, 2.45) is 0 Å². The van der Waals surface area contributed by atoms with Gasteiger partial charge in [0, 0.05) is 30.6 Å². The first-order valence-corrected chi connectivity index (χ1v) is 8.22. The number of hydrogen-bond acceptors (Lipinski definition) is 4. The fourth-order valence-electron chi connectivity index (χ4n) is 2.14. The Bertz CT molecular complexity index is 660. The number of benzene rings is 1. The number of nitrogens with one attached hydrogen (secondary N) is 1. The van der Waals surface area contributed by atoms with E-state index in [1.54, 1.807) is 19.2 Å². The maximum absolute atomic E-state index is 13.2. The molecule has 1 unspecified atom stereocenters. The highest BCUT2D eigenvalue weighted by molar-refractivity contribution is 7.15. The van der Waals surface area contributed by atoms with Crippen molar-refractivity contribution < 1.29 is 14.3 Å². The molecule has 2 N–H and O–H groups in total. The summed E-state index contributed by atoms with van der Waals surface area (Å²) in [5, 5.41) is 12.6. The number of hydrogen-bond donors (Lipinski definition) is 2. The summed E-state index contributed by atoms with van der Waals surface area (Å²) in [6.45, 7) is 4.25. The molecule has 2 amide bonds. The van der Waals surface area contributed by atoms with Crippen LogP contribution in [0.5, 0.6) is 0 Å². The first kappa shape index (κ1) is 17.4. The van der Waals surface area contributed by atoms with Crippen molar-refractivity contribution in [2.45, 2.75) is 26.4 Å². The van der Waals surface area contributed by atoms with Gasteiger partial charge < -0.3 is 10.0 Å². The fraction of sp³-hybridized carbons (Fsp3) is 0.375. The Kier molecular flexibility index (Phi) is 6.06. The van der Waals surface area contributed by atoms with Gasteiger partial charge in [-0.1, -0.05) is 12.1 Å². The van der Waals surface area contributed by atoms with Crippen molar-refractivity contribution >= 4 is 22.5 Å². The van der Waals surface area contributed by atoms with Gasteiger partial charge in [0.1, 0.15) is 5.82 Å². The van der Waals surface area contributed by atoms with Crippen LogP contribution in [0.2, 0.25) is 0 Å². The quantitative estimate of drug-likeness (QED) is 0.851. The molecule has 1 atom stereocenters. The largest absolute Gasteiger partial charge is 0.392 e. The molecule has 2 aromatic rings. The topological polar surface area (TPSA) is 65.5 Å². The lowest BCUT2D eigenvalue weighted by molar-refractivity contribution is 0.141. The molecule has 1 aromatic heterocycles. The average molecular weight is 337 g/mol. The number of halogens is 1. The van der Waals surface area contributed by atoms with E-state index in [9.17, 15) is 14.3 Å². The molecule has 0 bridgehead atoms. The zero-order valence-corrected chi connectivity index (χ0v) is 13.9. The minimum atomic E-state index is -0.583. The number of urea groups is 1. The summed E-state index contributed by atoms with van der Waals surface area (Å²) in [4.78, 5) is 18.7. The predicted octanol–water partition coefficient (Wildman–Crippen LogP) is 3.11. The van der Waals surface area contributed by atoms with Gasteiger partial charge in [-0.15, -0.1) is 11.3 Å². The Balaban J connectivity index is 1.97. The van der Waals surface area contributed by atoms with Gasteiger partial charge in [-0.25, -0.2) is 14.2 Å². The van der Waals surface area contributed by atoms with Crippen LogP contribution < -0.4 is 5.32 Å². The van der Waals surface area contributed by atoms with E-state index in [1.165, 1.54) is 28.4 Å². The second-order valence-electron chi connectivity index (χ2n) is 5.26. The third-order valence-corrected chi connectivity index (χ3v) is 4.10. The molecule has 124 valence electrons. The number of aliphatic hydroxyl groups is 1. The highest BCUT2D eigenvalue weighted by Crippen LogP contribution is 2.21. The van der Waals surface area contributed by atoms with E-state index in [0.717, 1.165) is 10.4 Å². The van der Waals surface area contributed by atoms with Crippen molar-refractivity contribution in [3.05, 3.63) is 46.7 Å². The zero-order chi connectivity index (χ0) is 16.8. The highest BCUT2D eigenvalue weighted by atomic mass is 32.1. The van der Waals surface area contributed by atoms with Gasteiger partial charge >= 0.3 is 6.03 Å². The number of aromatic nitrogens is 1. The second-order valence-corrected chi connectivity index (χ2v) is 6.37. The molecule has 1 aromatic carbocycles. The Morgan fingerprint density at radius 3 is 2.96 bits per heavy atom. The van der Waals surface area contributed by atoms with E-state index < -0.39 is 6.10 Å². The molecule has 0 aliphatic rings. The van der Waals surface area contributed by atoms with E-state index in [0.29, 0.717) is 18.1 Å². The zero-order valence-electron chi connectivity index (χ0n) is 13.1. The van der Waals surface area contributed by atoms with Gasteiger partial charge in [-0.2, -0.15) is 0 Å². The molecular formula is C16H20FN3O2S. The number of likely N-dealkylation sites (N-methyl/N-ethyl adjacent to an activating group) is 1. The fourth-order valence-corrected chi connectivity index (χ4v) is 2.98. The molecule has 23 heavy (non-hydrogen) atoms. The van der Waals surface area contributed by atoms with Gasteiger partial charge in [-0.05, 0) is 31.5 Å². The summed E-state index contributed by atoms with van der Waals surface area (Å²) < 4.78 is 13.2. The number of nitrogens with zero attached hydrogens (tertiary/aromatic N) is 2. The van der Waals surface area contributed by atoms with Gasteiger partial charge in [0.2, 0.25) is 0 Å². The standard InChI is InChI=1S/C16H20FN3O2S/c1-3-20(10-11(2)21)16(22)19-15-18-9-14(23-15)8-12-5-4-6-13(17)7-12/h4-7,9,11,21H,3,8,10H2,1-2H3,(H,18,19,22). The normalized spacial score (nSPS) is 12.0.